The van der Waals surface area contributed by atoms with E-state index in [4.69, 9.17) is 23.2 Å². The topological polar surface area (TPSA) is 49.4 Å². The van der Waals surface area contributed by atoms with Crippen molar-refractivity contribution in [1.82, 2.24) is 10.2 Å². The highest BCUT2D eigenvalue weighted by Gasteiger charge is 2.30. The van der Waals surface area contributed by atoms with Crippen molar-refractivity contribution < 1.29 is 9.59 Å². The number of carbonyl (C=O) groups is 2. The Morgan fingerprint density at radius 2 is 1.96 bits per heavy atom. The van der Waals surface area contributed by atoms with Gasteiger partial charge >= 0.3 is 0 Å². The summed E-state index contributed by atoms with van der Waals surface area (Å²) in [6, 6.07) is 12.8. The highest BCUT2D eigenvalue weighted by atomic mass is 35.5. The summed E-state index contributed by atoms with van der Waals surface area (Å²) in [6.07, 6.45) is 1.90. The van der Waals surface area contributed by atoms with Gasteiger partial charge in [0.05, 0.1) is 23.2 Å². The maximum Gasteiger partial charge on any atom is 0.253 e. The zero-order valence-electron chi connectivity index (χ0n) is 14.5. The molecule has 1 N–H and O–H groups in total. The van der Waals surface area contributed by atoms with Crippen molar-refractivity contribution in [2.75, 3.05) is 13.1 Å². The second kappa shape index (κ2) is 8.11. The molecule has 0 bridgehead atoms. The van der Waals surface area contributed by atoms with Crippen LogP contribution in [0, 0.1) is 6.92 Å². The Morgan fingerprint density at radius 1 is 1.19 bits per heavy atom. The van der Waals surface area contributed by atoms with Crippen LogP contribution in [0.5, 0.6) is 0 Å². The number of likely N-dealkylation sites (tertiary alicyclic amines) is 1. The van der Waals surface area contributed by atoms with Gasteiger partial charge in [0.1, 0.15) is 0 Å². The standard InChI is InChI=1S/C20H20Cl2N2O2/c1-13-5-2-3-6-15(13)18-7-4-10-24(18)19(25)12-23-20(26)16-9-8-14(21)11-17(16)22/h2-3,5-6,8-9,11,18H,4,7,10,12H2,1H3,(H,23,26). The van der Waals surface area contributed by atoms with Gasteiger partial charge in [-0.25, -0.2) is 0 Å². The van der Waals surface area contributed by atoms with Gasteiger partial charge in [-0.1, -0.05) is 47.5 Å². The van der Waals surface area contributed by atoms with E-state index < -0.39 is 0 Å². The SMILES string of the molecule is Cc1ccccc1C1CCCN1C(=O)CNC(=O)c1ccc(Cl)cc1Cl. The lowest BCUT2D eigenvalue weighted by Crippen LogP contribution is -2.40. The van der Waals surface area contributed by atoms with Crippen molar-refractivity contribution in [3.05, 3.63) is 69.2 Å². The number of halogens is 2. The largest absolute Gasteiger partial charge is 0.343 e. The van der Waals surface area contributed by atoms with E-state index in [0.29, 0.717) is 17.1 Å². The predicted octanol–water partition coefficient (Wildman–Crippen LogP) is 4.40. The first-order valence-corrected chi connectivity index (χ1v) is 9.31. The van der Waals surface area contributed by atoms with Gasteiger partial charge in [0.2, 0.25) is 5.91 Å². The summed E-state index contributed by atoms with van der Waals surface area (Å²) in [5, 5.41) is 3.39. The molecule has 2 aromatic carbocycles. The third-order valence-electron chi connectivity index (χ3n) is 4.70. The van der Waals surface area contributed by atoms with Gasteiger partial charge in [-0.2, -0.15) is 0 Å². The third kappa shape index (κ3) is 4.02. The van der Waals surface area contributed by atoms with Crippen LogP contribution in [0.4, 0.5) is 0 Å². The molecule has 1 heterocycles. The normalized spacial score (nSPS) is 16.6. The van der Waals surface area contributed by atoms with Crippen LogP contribution in [0.15, 0.2) is 42.5 Å². The van der Waals surface area contributed by atoms with E-state index >= 15 is 0 Å². The molecule has 3 rings (SSSR count). The van der Waals surface area contributed by atoms with Crippen molar-refractivity contribution >= 4 is 35.0 Å². The number of carbonyl (C=O) groups excluding carboxylic acids is 2. The van der Waals surface area contributed by atoms with Gasteiger partial charge in [0.15, 0.2) is 0 Å². The van der Waals surface area contributed by atoms with Crippen LogP contribution in [0.3, 0.4) is 0 Å². The minimum Gasteiger partial charge on any atom is -0.343 e. The van der Waals surface area contributed by atoms with E-state index in [2.05, 4.69) is 24.4 Å². The first-order valence-electron chi connectivity index (χ1n) is 8.55. The number of aryl methyl sites for hydroxylation is 1. The lowest BCUT2D eigenvalue weighted by atomic mass is 9.99. The Hall–Kier alpha value is -2.04. The minimum atomic E-state index is -0.383. The zero-order valence-corrected chi connectivity index (χ0v) is 16.0. The fourth-order valence-corrected chi connectivity index (χ4v) is 3.87. The summed E-state index contributed by atoms with van der Waals surface area (Å²) in [5.74, 6) is -0.471. The minimum absolute atomic E-state index is 0.0554. The molecule has 136 valence electrons. The van der Waals surface area contributed by atoms with Crippen molar-refractivity contribution in [2.24, 2.45) is 0 Å². The molecule has 0 saturated carbocycles. The molecule has 1 fully saturated rings. The molecule has 0 spiro atoms. The van der Waals surface area contributed by atoms with Crippen LogP contribution in [-0.4, -0.2) is 29.8 Å². The van der Waals surface area contributed by atoms with E-state index in [1.165, 1.54) is 17.2 Å². The van der Waals surface area contributed by atoms with Gasteiger partial charge in [0.25, 0.3) is 5.91 Å². The van der Waals surface area contributed by atoms with Crippen molar-refractivity contribution in [1.29, 1.82) is 0 Å². The molecule has 1 saturated heterocycles. The second-order valence-corrected chi connectivity index (χ2v) is 7.25. The van der Waals surface area contributed by atoms with Gasteiger partial charge in [-0.05, 0) is 49.1 Å². The van der Waals surface area contributed by atoms with Crippen LogP contribution >= 0.6 is 23.2 Å². The molecule has 4 nitrogen and oxygen atoms in total. The summed E-state index contributed by atoms with van der Waals surface area (Å²) >= 11 is 11.9. The van der Waals surface area contributed by atoms with Crippen LogP contribution in [0.25, 0.3) is 0 Å². The number of hydrogen-bond donors (Lipinski definition) is 1. The highest BCUT2D eigenvalue weighted by molar-refractivity contribution is 6.36. The van der Waals surface area contributed by atoms with Gasteiger partial charge in [0, 0.05) is 11.6 Å². The third-order valence-corrected chi connectivity index (χ3v) is 5.24. The van der Waals surface area contributed by atoms with Gasteiger partial charge in [-0.15, -0.1) is 0 Å². The van der Waals surface area contributed by atoms with E-state index in [9.17, 15) is 9.59 Å². The molecule has 0 aromatic heterocycles. The summed E-state index contributed by atoms with van der Waals surface area (Å²) in [4.78, 5) is 26.8. The first-order chi connectivity index (χ1) is 12.5. The van der Waals surface area contributed by atoms with E-state index in [1.807, 2.05) is 17.0 Å². The molecule has 2 amide bonds. The monoisotopic (exact) mass is 390 g/mol. The van der Waals surface area contributed by atoms with Crippen LogP contribution in [0.2, 0.25) is 10.0 Å². The number of benzene rings is 2. The van der Waals surface area contributed by atoms with Crippen molar-refractivity contribution in [2.45, 2.75) is 25.8 Å². The number of amides is 2. The molecule has 1 aliphatic rings. The lowest BCUT2D eigenvalue weighted by molar-refractivity contribution is -0.131. The fraction of sp³-hybridized carbons (Fsp3) is 0.300. The van der Waals surface area contributed by atoms with Crippen molar-refractivity contribution in [3.63, 3.8) is 0 Å². The lowest BCUT2D eigenvalue weighted by Gasteiger charge is -2.26. The molecule has 6 heteroatoms. The Balaban J connectivity index is 1.66. The molecule has 0 aliphatic carbocycles. The van der Waals surface area contributed by atoms with Crippen LogP contribution < -0.4 is 5.32 Å². The molecule has 1 aliphatic heterocycles. The second-order valence-electron chi connectivity index (χ2n) is 6.41. The summed E-state index contributed by atoms with van der Waals surface area (Å²) in [6.45, 7) is 2.70. The summed E-state index contributed by atoms with van der Waals surface area (Å²) < 4.78 is 0. The Morgan fingerprint density at radius 3 is 2.69 bits per heavy atom. The van der Waals surface area contributed by atoms with Gasteiger partial charge < -0.3 is 10.2 Å². The highest BCUT2D eigenvalue weighted by Crippen LogP contribution is 2.33. The Bertz CT molecular complexity index is 838. The molecule has 0 radical (unpaired) electrons. The average Bonchev–Trinajstić information content (AvgIpc) is 3.09. The maximum absolute atomic E-state index is 12.7. The zero-order chi connectivity index (χ0) is 18.7. The molecular formula is C20H20Cl2N2O2. The number of nitrogens with zero attached hydrogens (tertiary/aromatic N) is 1. The average molecular weight is 391 g/mol. The molecule has 2 aromatic rings. The number of hydrogen-bond acceptors (Lipinski definition) is 2. The Labute approximate surface area is 163 Å². The molecule has 26 heavy (non-hydrogen) atoms. The molecule has 1 atom stereocenters. The smallest absolute Gasteiger partial charge is 0.253 e. The maximum atomic E-state index is 12.7. The van der Waals surface area contributed by atoms with E-state index in [0.717, 1.165) is 12.8 Å². The predicted molar refractivity (Wildman–Crippen MR) is 104 cm³/mol. The number of rotatable bonds is 4. The van der Waals surface area contributed by atoms with Gasteiger partial charge in [-0.3, -0.25) is 9.59 Å². The molecular weight excluding hydrogens is 371 g/mol. The quantitative estimate of drug-likeness (QED) is 0.840. The summed E-state index contributed by atoms with van der Waals surface area (Å²) in [7, 11) is 0. The van der Waals surface area contributed by atoms with Crippen molar-refractivity contribution in [3.8, 4) is 0 Å². The van der Waals surface area contributed by atoms with E-state index in [-0.39, 0.29) is 29.4 Å². The van der Waals surface area contributed by atoms with Crippen LogP contribution in [0.1, 0.15) is 40.4 Å². The fourth-order valence-electron chi connectivity index (χ4n) is 3.38. The van der Waals surface area contributed by atoms with Crippen LogP contribution in [-0.2, 0) is 4.79 Å². The number of nitrogens with one attached hydrogen (secondary N) is 1. The molecule has 1 unspecified atom stereocenters. The first kappa shape index (κ1) is 18.7. The van der Waals surface area contributed by atoms with E-state index in [1.54, 1.807) is 12.1 Å². The Kier molecular flexibility index (Phi) is 5.84. The summed E-state index contributed by atoms with van der Waals surface area (Å²) in [5.41, 5.74) is 2.65.